The second-order valence-corrected chi connectivity index (χ2v) is 6.24. The number of carbonyl (C=O) groups is 3. The van der Waals surface area contributed by atoms with Crippen LogP contribution in [-0.2, 0) is 28.6 Å². The van der Waals surface area contributed by atoms with Gasteiger partial charge in [-0.1, -0.05) is 20.8 Å². The molecule has 0 rings (SSSR count). The van der Waals surface area contributed by atoms with Crippen molar-refractivity contribution in [3.63, 3.8) is 0 Å². The minimum absolute atomic E-state index is 0.176. The number of esters is 3. The summed E-state index contributed by atoms with van der Waals surface area (Å²) in [5, 5.41) is 0. The molecule has 25 heavy (non-hydrogen) atoms. The van der Waals surface area contributed by atoms with Crippen LogP contribution in [0.25, 0.3) is 0 Å². The molecule has 0 aliphatic rings. The first-order valence-corrected chi connectivity index (χ1v) is 7.92. The Bertz CT molecular complexity index is 475. The molecule has 0 saturated heterocycles. The van der Waals surface area contributed by atoms with Gasteiger partial charge in [0, 0.05) is 0 Å². The second kappa shape index (κ2) is 9.62. The van der Waals surface area contributed by atoms with Crippen LogP contribution in [-0.4, -0.2) is 43.9 Å². The van der Waals surface area contributed by atoms with E-state index in [1.165, 1.54) is 0 Å². The Morgan fingerprint density at radius 2 is 1.44 bits per heavy atom. The summed E-state index contributed by atoms with van der Waals surface area (Å²) in [6.45, 7) is 6.19. The smallest absolute Gasteiger partial charge is 0.401 e. The van der Waals surface area contributed by atoms with Crippen molar-refractivity contribution < 1.29 is 41.8 Å². The van der Waals surface area contributed by atoms with Gasteiger partial charge in [-0.2, -0.15) is 13.2 Å². The second-order valence-electron chi connectivity index (χ2n) is 6.24. The highest BCUT2D eigenvalue weighted by atomic mass is 19.4. The van der Waals surface area contributed by atoms with Gasteiger partial charge >= 0.3 is 24.1 Å². The molecule has 0 radical (unpaired) electrons. The summed E-state index contributed by atoms with van der Waals surface area (Å²) in [7, 11) is 0. The number of rotatable bonds is 9. The normalized spacial score (nSPS) is 15.2. The fourth-order valence-electron chi connectivity index (χ4n) is 1.41. The minimum Gasteiger partial charge on any atom is -0.464 e. The van der Waals surface area contributed by atoms with Gasteiger partial charge in [-0.25, -0.2) is 0 Å². The van der Waals surface area contributed by atoms with Gasteiger partial charge in [0.1, 0.15) is 25.7 Å². The molecule has 0 amide bonds. The highest BCUT2D eigenvalue weighted by molar-refractivity contribution is 5.77. The number of carbonyl (C=O) groups excluding carboxylic acids is 3. The fourth-order valence-corrected chi connectivity index (χ4v) is 1.41. The van der Waals surface area contributed by atoms with Crippen LogP contribution in [0.15, 0.2) is 0 Å². The number of hydrogen-bond donors (Lipinski definition) is 0. The molecule has 0 heterocycles. The Morgan fingerprint density at radius 3 is 1.88 bits per heavy atom. The Hall–Kier alpha value is -1.80. The molecule has 146 valence electrons. The lowest BCUT2D eigenvalue weighted by atomic mass is 9.89. The third-order valence-corrected chi connectivity index (χ3v) is 3.68. The minimum atomic E-state index is -4.69. The van der Waals surface area contributed by atoms with Crippen LogP contribution < -0.4 is 0 Å². The summed E-state index contributed by atoms with van der Waals surface area (Å²) in [5.41, 5.74) is -1.09. The topological polar surface area (TPSA) is 78.9 Å². The largest absolute Gasteiger partial charge is 0.464 e. The van der Waals surface area contributed by atoms with Gasteiger partial charge in [0.2, 0.25) is 0 Å². The van der Waals surface area contributed by atoms with Crippen molar-refractivity contribution in [3.8, 4) is 0 Å². The summed E-state index contributed by atoms with van der Waals surface area (Å²) in [4.78, 5) is 34.8. The van der Waals surface area contributed by atoms with E-state index in [2.05, 4.69) is 4.74 Å². The number of alkyl halides is 3. The molecule has 0 aromatic heterocycles. The molecule has 2 unspecified atom stereocenters. The predicted molar refractivity (Wildman–Crippen MR) is 81.3 cm³/mol. The van der Waals surface area contributed by atoms with Gasteiger partial charge in [-0.05, 0) is 20.3 Å². The van der Waals surface area contributed by atoms with E-state index in [1.54, 1.807) is 27.7 Å². The van der Waals surface area contributed by atoms with Crippen molar-refractivity contribution in [1.29, 1.82) is 0 Å². The summed E-state index contributed by atoms with van der Waals surface area (Å²) in [6, 6.07) is 0. The average molecular weight is 370 g/mol. The first-order valence-electron chi connectivity index (χ1n) is 7.92. The molecule has 0 aliphatic heterocycles. The zero-order valence-electron chi connectivity index (χ0n) is 15.1. The summed E-state index contributed by atoms with van der Waals surface area (Å²) >= 11 is 0. The summed E-state index contributed by atoms with van der Waals surface area (Å²) < 4.78 is 51.4. The van der Waals surface area contributed by atoms with Crippen molar-refractivity contribution in [2.24, 2.45) is 17.3 Å². The van der Waals surface area contributed by atoms with Crippen molar-refractivity contribution in [1.82, 2.24) is 0 Å². The summed E-state index contributed by atoms with van der Waals surface area (Å²) in [5.74, 6) is -5.17. The third kappa shape index (κ3) is 7.74. The maximum Gasteiger partial charge on any atom is 0.401 e. The van der Waals surface area contributed by atoms with E-state index in [0.29, 0.717) is 13.3 Å². The zero-order chi connectivity index (χ0) is 19.8. The lowest BCUT2D eigenvalue weighted by Crippen LogP contribution is -2.36. The Balaban J connectivity index is 4.38. The first kappa shape index (κ1) is 23.2. The van der Waals surface area contributed by atoms with E-state index < -0.39 is 42.0 Å². The standard InChI is InChI=1S/C16H25F3O6/c1-6-15(5,9-25-12(20)10(2)3)14(22)24-8-7-23-13(21)11(4)16(17,18)19/h10-11H,6-9H2,1-5H3. The highest BCUT2D eigenvalue weighted by Crippen LogP contribution is 2.27. The van der Waals surface area contributed by atoms with E-state index in [1.807, 2.05) is 0 Å². The van der Waals surface area contributed by atoms with Crippen molar-refractivity contribution >= 4 is 17.9 Å². The van der Waals surface area contributed by atoms with Gasteiger partial charge in [0.15, 0.2) is 0 Å². The number of halogens is 3. The third-order valence-electron chi connectivity index (χ3n) is 3.68. The molecule has 2 atom stereocenters. The van der Waals surface area contributed by atoms with Gasteiger partial charge in [-0.3, -0.25) is 14.4 Å². The van der Waals surface area contributed by atoms with Crippen LogP contribution in [0, 0.1) is 17.3 Å². The average Bonchev–Trinajstić information content (AvgIpc) is 2.53. The van der Waals surface area contributed by atoms with Crippen molar-refractivity contribution in [3.05, 3.63) is 0 Å². The van der Waals surface area contributed by atoms with Crippen LogP contribution >= 0.6 is 0 Å². The molecule has 0 N–H and O–H groups in total. The summed E-state index contributed by atoms with van der Waals surface area (Å²) in [6.07, 6.45) is -4.36. The molecule has 0 aromatic carbocycles. The van der Waals surface area contributed by atoms with Crippen LogP contribution in [0.2, 0.25) is 0 Å². The first-order chi connectivity index (χ1) is 11.3. The molecule has 0 saturated carbocycles. The Labute approximate surface area is 145 Å². The van der Waals surface area contributed by atoms with Crippen molar-refractivity contribution in [2.45, 2.75) is 47.2 Å². The quantitative estimate of drug-likeness (QED) is 0.353. The Kier molecular flexibility index (Phi) is 8.93. The van der Waals surface area contributed by atoms with Gasteiger partial charge < -0.3 is 14.2 Å². The molecule has 0 aromatic rings. The number of hydrogen-bond acceptors (Lipinski definition) is 6. The van der Waals surface area contributed by atoms with Gasteiger partial charge in [-0.15, -0.1) is 0 Å². The molecule has 0 spiro atoms. The molecule has 6 nitrogen and oxygen atoms in total. The van der Waals surface area contributed by atoms with Crippen LogP contribution in [0.1, 0.15) is 41.0 Å². The van der Waals surface area contributed by atoms with Gasteiger partial charge in [0.25, 0.3) is 0 Å². The van der Waals surface area contributed by atoms with E-state index in [0.717, 1.165) is 0 Å². The number of ether oxygens (including phenoxy) is 3. The molecular weight excluding hydrogens is 345 g/mol. The zero-order valence-corrected chi connectivity index (χ0v) is 15.1. The van der Waals surface area contributed by atoms with E-state index in [4.69, 9.17) is 9.47 Å². The van der Waals surface area contributed by atoms with Crippen LogP contribution in [0.4, 0.5) is 13.2 Å². The highest BCUT2D eigenvalue weighted by Gasteiger charge is 2.42. The SMILES string of the molecule is CCC(C)(COC(=O)C(C)C)C(=O)OCCOC(=O)C(C)C(F)(F)F. The van der Waals surface area contributed by atoms with Crippen LogP contribution in [0.5, 0.6) is 0 Å². The molecular formula is C16H25F3O6. The van der Waals surface area contributed by atoms with Crippen molar-refractivity contribution in [2.75, 3.05) is 19.8 Å². The predicted octanol–water partition coefficient (Wildman–Crippen LogP) is 2.89. The van der Waals surface area contributed by atoms with Crippen LogP contribution in [0.3, 0.4) is 0 Å². The lowest BCUT2D eigenvalue weighted by Gasteiger charge is -2.25. The maximum absolute atomic E-state index is 12.3. The fraction of sp³-hybridized carbons (Fsp3) is 0.812. The van der Waals surface area contributed by atoms with E-state index in [9.17, 15) is 27.6 Å². The maximum atomic E-state index is 12.3. The molecule has 0 bridgehead atoms. The molecule has 0 aliphatic carbocycles. The molecule has 0 fully saturated rings. The molecule has 9 heteroatoms. The lowest BCUT2D eigenvalue weighted by molar-refractivity contribution is -0.195. The monoisotopic (exact) mass is 370 g/mol. The van der Waals surface area contributed by atoms with E-state index in [-0.39, 0.29) is 19.1 Å². The van der Waals surface area contributed by atoms with Gasteiger partial charge in [0.05, 0.1) is 11.3 Å². The Morgan fingerprint density at radius 1 is 0.920 bits per heavy atom. The van der Waals surface area contributed by atoms with E-state index >= 15 is 0 Å².